The van der Waals surface area contributed by atoms with E-state index in [1.807, 2.05) is 0 Å². The smallest absolute Gasteiger partial charge is 0.186 e. The normalized spacial score (nSPS) is 12.1. The van der Waals surface area contributed by atoms with E-state index in [0.717, 1.165) is 5.56 Å². The lowest BCUT2D eigenvalue weighted by Gasteiger charge is -2.14. The third-order valence-corrected chi connectivity index (χ3v) is 4.01. The van der Waals surface area contributed by atoms with Gasteiger partial charge in [-0.05, 0) is 72.3 Å². The zero-order chi connectivity index (χ0) is 18.1. The molecule has 0 amide bonds. The zero-order valence-corrected chi connectivity index (χ0v) is 13.8. The van der Waals surface area contributed by atoms with Gasteiger partial charge in [0.05, 0.1) is 0 Å². The molecule has 0 atom stereocenters. The SMILES string of the molecule is Nc1ccc(Oc2cc3c(cc2Oc2ccc(N)cc2)C(=O)C=C3)cc1. The van der Waals surface area contributed by atoms with Crippen molar-refractivity contribution in [1.82, 2.24) is 0 Å². The van der Waals surface area contributed by atoms with Gasteiger partial charge in [-0.3, -0.25) is 4.79 Å². The summed E-state index contributed by atoms with van der Waals surface area (Å²) in [6, 6.07) is 17.6. The van der Waals surface area contributed by atoms with E-state index in [9.17, 15) is 4.79 Å². The molecule has 4 N–H and O–H groups in total. The van der Waals surface area contributed by atoms with Gasteiger partial charge in [-0.25, -0.2) is 0 Å². The van der Waals surface area contributed by atoms with E-state index < -0.39 is 0 Å². The van der Waals surface area contributed by atoms with Crippen LogP contribution >= 0.6 is 0 Å². The summed E-state index contributed by atoms with van der Waals surface area (Å²) in [6.45, 7) is 0. The Bertz CT molecular complexity index is 1010. The monoisotopic (exact) mass is 344 g/mol. The van der Waals surface area contributed by atoms with Crippen LogP contribution in [0.15, 0.2) is 66.7 Å². The van der Waals surface area contributed by atoms with Crippen molar-refractivity contribution in [2.75, 3.05) is 11.5 Å². The summed E-state index contributed by atoms with van der Waals surface area (Å²) in [7, 11) is 0. The summed E-state index contributed by atoms with van der Waals surface area (Å²) >= 11 is 0. The molecule has 1 aliphatic carbocycles. The van der Waals surface area contributed by atoms with E-state index in [1.54, 1.807) is 66.7 Å². The van der Waals surface area contributed by atoms with Crippen molar-refractivity contribution in [1.29, 1.82) is 0 Å². The van der Waals surface area contributed by atoms with Gasteiger partial charge in [0, 0.05) is 16.9 Å². The molecule has 3 aromatic rings. The molecule has 5 heteroatoms. The maximum Gasteiger partial charge on any atom is 0.186 e. The van der Waals surface area contributed by atoms with E-state index in [1.165, 1.54) is 6.08 Å². The fourth-order valence-corrected chi connectivity index (χ4v) is 2.67. The van der Waals surface area contributed by atoms with Crippen molar-refractivity contribution < 1.29 is 14.3 Å². The lowest BCUT2D eigenvalue weighted by molar-refractivity contribution is 0.105. The molecule has 0 aromatic heterocycles. The van der Waals surface area contributed by atoms with Crippen LogP contribution in [0.1, 0.15) is 15.9 Å². The Labute approximate surface area is 150 Å². The van der Waals surface area contributed by atoms with Crippen LogP contribution < -0.4 is 20.9 Å². The van der Waals surface area contributed by atoms with Crippen molar-refractivity contribution in [3.63, 3.8) is 0 Å². The molecule has 0 saturated heterocycles. The maximum atomic E-state index is 12.0. The number of allylic oxidation sites excluding steroid dienone is 1. The number of ketones is 1. The Hall–Kier alpha value is -3.73. The molecule has 0 spiro atoms. The number of rotatable bonds is 4. The minimum absolute atomic E-state index is 0.0545. The molecular weight excluding hydrogens is 328 g/mol. The van der Waals surface area contributed by atoms with E-state index in [2.05, 4.69) is 0 Å². The van der Waals surface area contributed by atoms with Crippen LogP contribution in [0.25, 0.3) is 6.08 Å². The third kappa shape index (κ3) is 3.10. The summed E-state index contributed by atoms with van der Waals surface area (Å²) in [5.74, 6) is 2.11. The average Bonchev–Trinajstić information content (AvgIpc) is 2.99. The summed E-state index contributed by atoms with van der Waals surface area (Å²) in [6.07, 6.45) is 3.30. The number of hydrogen-bond donors (Lipinski definition) is 2. The van der Waals surface area contributed by atoms with Gasteiger partial charge in [0.1, 0.15) is 11.5 Å². The highest BCUT2D eigenvalue weighted by molar-refractivity contribution is 6.14. The standard InChI is InChI=1S/C21H16N2O3/c22-14-2-6-16(7-3-14)25-20-11-13-1-10-19(24)18(13)12-21(20)26-17-8-4-15(23)5-9-17/h1-12H,22-23H2. The topological polar surface area (TPSA) is 87.6 Å². The van der Waals surface area contributed by atoms with Gasteiger partial charge < -0.3 is 20.9 Å². The predicted octanol–water partition coefficient (Wildman–Crippen LogP) is 4.65. The Morgan fingerprint density at radius 3 is 1.69 bits per heavy atom. The molecule has 4 rings (SSSR count). The summed E-state index contributed by atoms with van der Waals surface area (Å²) in [4.78, 5) is 12.0. The summed E-state index contributed by atoms with van der Waals surface area (Å²) in [5, 5.41) is 0. The third-order valence-electron chi connectivity index (χ3n) is 4.01. The summed E-state index contributed by atoms with van der Waals surface area (Å²) in [5.41, 5.74) is 14.1. The Morgan fingerprint density at radius 2 is 1.15 bits per heavy atom. The lowest BCUT2D eigenvalue weighted by atomic mass is 10.1. The van der Waals surface area contributed by atoms with Crippen LogP contribution in [0.5, 0.6) is 23.0 Å². The van der Waals surface area contributed by atoms with Crippen LogP contribution in [0.3, 0.4) is 0 Å². The number of fused-ring (bicyclic) bond motifs is 1. The highest BCUT2D eigenvalue weighted by atomic mass is 16.5. The van der Waals surface area contributed by atoms with E-state index >= 15 is 0 Å². The first-order valence-electron chi connectivity index (χ1n) is 8.06. The number of carbonyl (C=O) groups excluding carboxylic acids is 1. The van der Waals surface area contributed by atoms with Gasteiger partial charge in [-0.15, -0.1) is 0 Å². The summed E-state index contributed by atoms with van der Waals surface area (Å²) < 4.78 is 11.9. The molecule has 128 valence electrons. The molecule has 0 aliphatic heterocycles. The number of nitrogen functional groups attached to an aromatic ring is 2. The van der Waals surface area contributed by atoms with Crippen molar-refractivity contribution in [3.8, 4) is 23.0 Å². The molecule has 0 saturated carbocycles. The van der Waals surface area contributed by atoms with E-state index in [4.69, 9.17) is 20.9 Å². The van der Waals surface area contributed by atoms with Gasteiger partial charge in [-0.2, -0.15) is 0 Å². The minimum Gasteiger partial charge on any atom is -0.453 e. The van der Waals surface area contributed by atoms with Gasteiger partial charge >= 0.3 is 0 Å². The maximum absolute atomic E-state index is 12.0. The number of carbonyl (C=O) groups is 1. The molecular formula is C21H16N2O3. The molecule has 5 nitrogen and oxygen atoms in total. The Balaban J connectivity index is 1.72. The van der Waals surface area contributed by atoms with E-state index in [-0.39, 0.29) is 5.78 Å². The second-order valence-corrected chi connectivity index (χ2v) is 5.93. The van der Waals surface area contributed by atoms with Crippen molar-refractivity contribution >= 4 is 23.2 Å². The fourth-order valence-electron chi connectivity index (χ4n) is 2.67. The van der Waals surface area contributed by atoms with Gasteiger partial charge in [0.25, 0.3) is 0 Å². The second-order valence-electron chi connectivity index (χ2n) is 5.93. The van der Waals surface area contributed by atoms with Crippen LogP contribution in [0.4, 0.5) is 11.4 Å². The second kappa shape index (κ2) is 6.29. The molecule has 0 fully saturated rings. The number of nitrogens with two attached hydrogens (primary N) is 2. The average molecular weight is 344 g/mol. The predicted molar refractivity (Wildman–Crippen MR) is 102 cm³/mol. The molecule has 1 aliphatic rings. The van der Waals surface area contributed by atoms with Crippen molar-refractivity contribution in [2.45, 2.75) is 0 Å². The van der Waals surface area contributed by atoms with Gasteiger partial charge in [-0.1, -0.05) is 6.08 Å². The Morgan fingerprint density at radius 1 is 0.654 bits per heavy atom. The highest BCUT2D eigenvalue weighted by Crippen LogP contribution is 2.39. The van der Waals surface area contributed by atoms with E-state index in [0.29, 0.717) is 39.9 Å². The largest absolute Gasteiger partial charge is 0.453 e. The number of ether oxygens (including phenoxy) is 2. The molecule has 0 bridgehead atoms. The van der Waals surface area contributed by atoms with Crippen molar-refractivity contribution in [2.24, 2.45) is 0 Å². The molecule has 0 heterocycles. The van der Waals surface area contributed by atoms with Crippen molar-refractivity contribution in [3.05, 3.63) is 77.9 Å². The first kappa shape index (κ1) is 15.8. The van der Waals surface area contributed by atoms with Crippen LogP contribution in [0.2, 0.25) is 0 Å². The van der Waals surface area contributed by atoms with Crippen LogP contribution in [-0.4, -0.2) is 5.78 Å². The first-order chi connectivity index (χ1) is 12.6. The minimum atomic E-state index is -0.0545. The Kier molecular flexibility index (Phi) is 3.82. The highest BCUT2D eigenvalue weighted by Gasteiger charge is 2.19. The first-order valence-corrected chi connectivity index (χ1v) is 8.06. The molecule has 0 radical (unpaired) electrons. The molecule has 3 aromatic carbocycles. The molecule has 26 heavy (non-hydrogen) atoms. The number of hydrogen-bond acceptors (Lipinski definition) is 5. The van der Waals surface area contributed by atoms with Gasteiger partial charge in [0.15, 0.2) is 17.3 Å². The number of anilines is 2. The molecule has 0 unspecified atom stereocenters. The van der Waals surface area contributed by atoms with Gasteiger partial charge in [0.2, 0.25) is 0 Å². The quantitative estimate of drug-likeness (QED) is 0.673. The van der Waals surface area contributed by atoms with Crippen LogP contribution in [-0.2, 0) is 0 Å². The van der Waals surface area contributed by atoms with Crippen LogP contribution in [0, 0.1) is 0 Å². The lowest BCUT2D eigenvalue weighted by Crippen LogP contribution is -1.97. The fraction of sp³-hybridized carbons (Fsp3) is 0. The number of benzene rings is 3. The zero-order valence-electron chi connectivity index (χ0n) is 13.8.